The summed E-state index contributed by atoms with van der Waals surface area (Å²) in [5.41, 5.74) is 3.09. The fourth-order valence-electron chi connectivity index (χ4n) is 2.93. The van der Waals surface area contributed by atoms with Gasteiger partial charge >= 0.3 is 5.97 Å². The number of carboxylic acid groups (broad SMARTS) is 1. The predicted molar refractivity (Wildman–Crippen MR) is 111 cm³/mol. The van der Waals surface area contributed by atoms with Crippen molar-refractivity contribution >= 4 is 28.9 Å². The molecule has 0 radical (unpaired) electrons. The van der Waals surface area contributed by atoms with Gasteiger partial charge in [-0.05, 0) is 41.7 Å². The summed E-state index contributed by atoms with van der Waals surface area (Å²) in [6.07, 6.45) is 0.579. The molecule has 3 rings (SSSR count). The zero-order chi connectivity index (χ0) is 21.0. The Kier molecular flexibility index (Phi) is 6.87. The fourth-order valence-corrected chi connectivity index (χ4v) is 4.13. The smallest absolute Gasteiger partial charge is 0.303 e. The molecule has 1 N–H and O–H groups in total. The highest BCUT2D eigenvalue weighted by Crippen LogP contribution is 2.36. The summed E-state index contributed by atoms with van der Waals surface area (Å²) in [6, 6.07) is 12.6. The van der Waals surface area contributed by atoms with Crippen molar-refractivity contribution in [3.8, 4) is 16.9 Å². The lowest BCUT2D eigenvalue weighted by Gasteiger charge is -2.11. The van der Waals surface area contributed by atoms with Crippen LogP contribution in [0.5, 0.6) is 5.75 Å². The van der Waals surface area contributed by atoms with Crippen molar-refractivity contribution in [1.29, 1.82) is 0 Å². The summed E-state index contributed by atoms with van der Waals surface area (Å²) in [4.78, 5) is 11.4. The van der Waals surface area contributed by atoms with E-state index < -0.39 is 17.6 Å². The summed E-state index contributed by atoms with van der Waals surface area (Å²) in [5, 5.41) is 8.70. The molecule has 0 fully saturated rings. The van der Waals surface area contributed by atoms with Gasteiger partial charge < -0.3 is 9.84 Å². The second-order valence-electron chi connectivity index (χ2n) is 6.47. The van der Waals surface area contributed by atoms with E-state index in [1.165, 1.54) is 29.0 Å². The van der Waals surface area contributed by atoms with Gasteiger partial charge in [-0.15, -0.1) is 11.3 Å². The maximum atomic E-state index is 14.3. The Labute approximate surface area is 176 Å². The zero-order valence-electron chi connectivity index (χ0n) is 15.7. The number of thiophene rings is 1. The minimum atomic E-state index is -1.12. The summed E-state index contributed by atoms with van der Waals surface area (Å²) >= 11 is 7.50. The molecule has 1 heterocycles. The highest BCUT2D eigenvalue weighted by Gasteiger charge is 2.17. The van der Waals surface area contributed by atoms with Gasteiger partial charge in [-0.25, -0.2) is 4.39 Å². The molecule has 0 bridgehead atoms. The minimum absolute atomic E-state index is 0.00752. The van der Waals surface area contributed by atoms with Gasteiger partial charge in [-0.1, -0.05) is 48.9 Å². The first-order chi connectivity index (χ1) is 13.9. The van der Waals surface area contributed by atoms with Crippen LogP contribution in [0.4, 0.5) is 8.78 Å². The van der Waals surface area contributed by atoms with Gasteiger partial charge in [0.15, 0.2) is 11.6 Å². The second-order valence-corrected chi connectivity index (χ2v) is 8.24. The van der Waals surface area contributed by atoms with Crippen LogP contribution in [0.3, 0.4) is 0 Å². The van der Waals surface area contributed by atoms with E-state index in [4.69, 9.17) is 21.4 Å². The van der Waals surface area contributed by atoms with Crippen molar-refractivity contribution < 1.29 is 23.4 Å². The molecular formula is C22H19ClF2O3S. The Morgan fingerprint density at radius 3 is 2.52 bits per heavy atom. The number of aliphatic carboxylic acids is 1. The molecule has 2 aromatic carbocycles. The van der Waals surface area contributed by atoms with E-state index in [9.17, 15) is 13.6 Å². The molecule has 152 valence electrons. The number of halogens is 3. The van der Waals surface area contributed by atoms with Gasteiger partial charge in [0.05, 0.1) is 9.21 Å². The van der Waals surface area contributed by atoms with E-state index in [1.807, 2.05) is 30.3 Å². The van der Waals surface area contributed by atoms with Crippen LogP contribution in [-0.2, 0) is 24.2 Å². The molecule has 0 saturated heterocycles. The zero-order valence-corrected chi connectivity index (χ0v) is 17.2. The maximum Gasteiger partial charge on any atom is 0.303 e. The van der Waals surface area contributed by atoms with Crippen LogP contribution in [0.15, 0.2) is 42.5 Å². The molecule has 0 spiro atoms. The Hall–Kier alpha value is -2.44. The van der Waals surface area contributed by atoms with Crippen LogP contribution in [0.25, 0.3) is 11.1 Å². The van der Waals surface area contributed by atoms with Gasteiger partial charge in [-0.2, -0.15) is 4.39 Å². The Bertz CT molecular complexity index is 1020. The standard InChI is InChI=1S/C22H19ClF2O3S/c1-2-13-3-5-14(6-4-13)16-11-19(23)29-18(16)12-28-17-9-7-15(8-10-20(26)27)21(24)22(17)25/h3-7,9,11H,2,8,10,12H2,1H3,(H,26,27). The molecule has 3 aromatic rings. The first kappa shape index (κ1) is 21.3. The average molecular weight is 437 g/mol. The van der Waals surface area contributed by atoms with Gasteiger partial charge in [0, 0.05) is 12.0 Å². The molecule has 0 aliphatic carbocycles. The normalized spacial score (nSPS) is 10.9. The van der Waals surface area contributed by atoms with Gasteiger partial charge in [0.25, 0.3) is 0 Å². The van der Waals surface area contributed by atoms with Crippen molar-refractivity contribution in [1.82, 2.24) is 0 Å². The van der Waals surface area contributed by atoms with Crippen LogP contribution in [0, 0.1) is 11.6 Å². The molecule has 0 amide bonds. The number of hydrogen-bond acceptors (Lipinski definition) is 3. The fraction of sp³-hybridized carbons (Fsp3) is 0.227. The minimum Gasteiger partial charge on any atom is -0.485 e. The molecule has 0 atom stereocenters. The van der Waals surface area contributed by atoms with Crippen LogP contribution in [0.2, 0.25) is 4.34 Å². The maximum absolute atomic E-state index is 14.3. The van der Waals surface area contributed by atoms with Crippen molar-refractivity contribution in [2.45, 2.75) is 32.8 Å². The molecule has 29 heavy (non-hydrogen) atoms. The highest BCUT2D eigenvalue weighted by atomic mass is 35.5. The SMILES string of the molecule is CCc1ccc(-c2cc(Cl)sc2COc2ccc(CCC(=O)O)c(F)c2F)cc1. The molecule has 0 saturated carbocycles. The summed E-state index contributed by atoms with van der Waals surface area (Å²) < 4.78 is 34.6. The summed E-state index contributed by atoms with van der Waals surface area (Å²) in [5.74, 6) is -3.50. The number of rotatable bonds is 8. The number of carboxylic acids is 1. The number of hydrogen-bond donors (Lipinski definition) is 1. The lowest BCUT2D eigenvalue weighted by molar-refractivity contribution is -0.136. The summed E-state index contributed by atoms with van der Waals surface area (Å²) in [7, 11) is 0. The van der Waals surface area contributed by atoms with E-state index in [1.54, 1.807) is 0 Å². The lowest BCUT2D eigenvalue weighted by Crippen LogP contribution is -2.03. The first-order valence-corrected chi connectivity index (χ1v) is 10.3. The molecule has 3 nitrogen and oxygen atoms in total. The highest BCUT2D eigenvalue weighted by molar-refractivity contribution is 7.16. The van der Waals surface area contributed by atoms with Crippen molar-refractivity contribution in [2.24, 2.45) is 0 Å². The van der Waals surface area contributed by atoms with E-state index in [0.717, 1.165) is 22.4 Å². The van der Waals surface area contributed by atoms with Crippen molar-refractivity contribution in [2.75, 3.05) is 0 Å². The third kappa shape index (κ3) is 5.14. The Morgan fingerprint density at radius 2 is 1.86 bits per heavy atom. The third-order valence-corrected chi connectivity index (χ3v) is 5.78. The molecule has 1 aromatic heterocycles. The van der Waals surface area contributed by atoms with Crippen molar-refractivity contribution in [3.05, 3.63) is 74.4 Å². The first-order valence-electron chi connectivity index (χ1n) is 9.08. The van der Waals surface area contributed by atoms with E-state index in [0.29, 0.717) is 4.34 Å². The van der Waals surface area contributed by atoms with E-state index in [-0.39, 0.29) is 30.8 Å². The number of ether oxygens (including phenoxy) is 1. The van der Waals surface area contributed by atoms with Gasteiger partial charge in [0.1, 0.15) is 6.61 Å². The van der Waals surface area contributed by atoms with Crippen LogP contribution in [0.1, 0.15) is 29.3 Å². The van der Waals surface area contributed by atoms with E-state index >= 15 is 0 Å². The monoisotopic (exact) mass is 436 g/mol. The van der Waals surface area contributed by atoms with Crippen LogP contribution < -0.4 is 4.74 Å². The van der Waals surface area contributed by atoms with Gasteiger partial charge in [0.2, 0.25) is 5.82 Å². The van der Waals surface area contributed by atoms with Gasteiger partial charge in [-0.3, -0.25) is 4.79 Å². The largest absolute Gasteiger partial charge is 0.485 e. The predicted octanol–water partition coefficient (Wildman–Crippen LogP) is 6.51. The number of carbonyl (C=O) groups is 1. The Morgan fingerprint density at radius 1 is 1.14 bits per heavy atom. The molecule has 7 heteroatoms. The quantitative estimate of drug-likeness (QED) is 0.438. The molecule has 0 aliphatic heterocycles. The average Bonchev–Trinajstić information content (AvgIpc) is 3.08. The van der Waals surface area contributed by atoms with Crippen LogP contribution >= 0.6 is 22.9 Å². The number of benzene rings is 2. The second kappa shape index (κ2) is 9.37. The topological polar surface area (TPSA) is 46.5 Å². The van der Waals surface area contributed by atoms with E-state index in [2.05, 4.69) is 6.92 Å². The lowest BCUT2D eigenvalue weighted by atomic mass is 10.0. The number of aryl methyl sites for hydroxylation is 2. The van der Waals surface area contributed by atoms with Crippen LogP contribution in [-0.4, -0.2) is 11.1 Å². The molecule has 0 unspecified atom stereocenters. The Balaban J connectivity index is 1.78. The third-order valence-electron chi connectivity index (χ3n) is 4.55. The molecular weight excluding hydrogens is 418 g/mol. The summed E-state index contributed by atoms with van der Waals surface area (Å²) in [6.45, 7) is 2.11. The molecule has 0 aliphatic rings. The van der Waals surface area contributed by atoms with Crippen molar-refractivity contribution in [3.63, 3.8) is 0 Å².